The summed E-state index contributed by atoms with van der Waals surface area (Å²) < 4.78 is 5.53. The van der Waals surface area contributed by atoms with Crippen LogP contribution >= 0.6 is 0 Å². The fourth-order valence-electron chi connectivity index (χ4n) is 3.37. The summed E-state index contributed by atoms with van der Waals surface area (Å²) in [5, 5.41) is 1.05. The highest BCUT2D eigenvalue weighted by molar-refractivity contribution is 5.74. The van der Waals surface area contributed by atoms with E-state index in [2.05, 4.69) is 24.0 Å². The van der Waals surface area contributed by atoms with E-state index in [0.717, 1.165) is 42.7 Å². The lowest BCUT2D eigenvalue weighted by molar-refractivity contribution is 0.0153. The normalized spacial score (nSPS) is 19.7. The van der Waals surface area contributed by atoms with Crippen molar-refractivity contribution in [3.8, 4) is 0 Å². The second kappa shape index (κ2) is 6.98. The number of fused-ring (bicyclic) bond motifs is 1. The van der Waals surface area contributed by atoms with E-state index < -0.39 is 5.60 Å². The first kappa shape index (κ1) is 17.6. The molecule has 1 aliphatic heterocycles. The molecule has 0 aliphatic carbocycles. The molecule has 3 heterocycles. The van der Waals surface area contributed by atoms with Crippen LogP contribution in [0.4, 0.5) is 4.79 Å². The third-order valence-corrected chi connectivity index (χ3v) is 4.77. The van der Waals surface area contributed by atoms with Crippen LogP contribution in [0.15, 0.2) is 30.5 Å². The Balaban J connectivity index is 1.72. The van der Waals surface area contributed by atoms with Crippen LogP contribution in [0.3, 0.4) is 0 Å². The van der Waals surface area contributed by atoms with Crippen molar-refractivity contribution in [1.29, 1.82) is 0 Å². The Morgan fingerprint density at radius 1 is 1.32 bits per heavy atom. The third-order valence-electron chi connectivity index (χ3n) is 4.77. The second-order valence-electron chi connectivity index (χ2n) is 7.90. The highest BCUT2D eigenvalue weighted by Gasteiger charge is 2.31. The van der Waals surface area contributed by atoms with Crippen molar-refractivity contribution in [2.24, 2.45) is 5.92 Å². The molecule has 1 saturated heterocycles. The molecule has 3 rings (SSSR count). The average molecular weight is 341 g/mol. The number of carbonyl (C=O) groups is 1. The predicted molar refractivity (Wildman–Crippen MR) is 98.5 cm³/mol. The van der Waals surface area contributed by atoms with E-state index in [4.69, 9.17) is 9.72 Å². The van der Waals surface area contributed by atoms with Crippen LogP contribution in [0, 0.1) is 5.92 Å². The van der Waals surface area contributed by atoms with Gasteiger partial charge < -0.3 is 9.64 Å². The van der Waals surface area contributed by atoms with E-state index in [0.29, 0.717) is 5.92 Å². The molecule has 25 heavy (non-hydrogen) atoms. The predicted octanol–water partition coefficient (Wildman–Crippen LogP) is 4.38. The fourth-order valence-corrected chi connectivity index (χ4v) is 3.37. The number of amides is 1. The van der Waals surface area contributed by atoms with Gasteiger partial charge in [-0.15, -0.1) is 0 Å². The van der Waals surface area contributed by atoms with Crippen molar-refractivity contribution in [1.82, 2.24) is 14.9 Å². The molecule has 2 aromatic rings. The van der Waals surface area contributed by atoms with Crippen LogP contribution < -0.4 is 0 Å². The number of aromatic nitrogens is 2. The molecule has 1 fully saturated rings. The SMILES string of the molecule is C[C@H](c1ccc2cccnc2n1)C1CCCN(C(=O)OC(C)(C)C)C1. The van der Waals surface area contributed by atoms with Gasteiger partial charge in [-0.05, 0) is 63.8 Å². The number of nitrogens with zero attached hydrogens (tertiary/aromatic N) is 3. The summed E-state index contributed by atoms with van der Waals surface area (Å²) in [7, 11) is 0. The number of pyridine rings is 2. The van der Waals surface area contributed by atoms with Crippen molar-refractivity contribution >= 4 is 17.1 Å². The number of rotatable bonds is 2. The molecule has 1 unspecified atom stereocenters. The van der Waals surface area contributed by atoms with Crippen molar-refractivity contribution < 1.29 is 9.53 Å². The third kappa shape index (κ3) is 4.27. The van der Waals surface area contributed by atoms with Gasteiger partial charge in [0.25, 0.3) is 0 Å². The Morgan fingerprint density at radius 2 is 2.12 bits per heavy atom. The lowest BCUT2D eigenvalue weighted by atomic mass is 9.84. The second-order valence-corrected chi connectivity index (χ2v) is 7.90. The molecule has 134 valence electrons. The zero-order chi connectivity index (χ0) is 18.0. The van der Waals surface area contributed by atoms with Crippen LogP contribution in [-0.2, 0) is 4.74 Å². The van der Waals surface area contributed by atoms with E-state index >= 15 is 0 Å². The minimum Gasteiger partial charge on any atom is -0.444 e. The number of ether oxygens (including phenoxy) is 1. The van der Waals surface area contributed by atoms with Gasteiger partial charge in [0, 0.05) is 36.3 Å². The van der Waals surface area contributed by atoms with Gasteiger partial charge >= 0.3 is 6.09 Å². The first-order chi connectivity index (χ1) is 11.8. The van der Waals surface area contributed by atoms with Crippen molar-refractivity contribution in [3.63, 3.8) is 0 Å². The summed E-state index contributed by atoms with van der Waals surface area (Å²) >= 11 is 0. The molecule has 0 spiro atoms. The van der Waals surface area contributed by atoms with Crippen LogP contribution in [-0.4, -0.2) is 39.7 Å². The number of hydrogen-bond donors (Lipinski definition) is 0. The van der Waals surface area contributed by atoms with E-state index in [9.17, 15) is 4.79 Å². The zero-order valence-electron chi connectivity index (χ0n) is 15.5. The van der Waals surface area contributed by atoms with Gasteiger partial charge in [0.15, 0.2) is 5.65 Å². The maximum absolute atomic E-state index is 12.4. The molecule has 0 bridgehead atoms. The Morgan fingerprint density at radius 3 is 2.88 bits per heavy atom. The van der Waals surface area contributed by atoms with Crippen LogP contribution in [0.1, 0.15) is 52.1 Å². The van der Waals surface area contributed by atoms with Crippen molar-refractivity contribution in [3.05, 3.63) is 36.2 Å². The minimum absolute atomic E-state index is 0.211. The van der Waals surface area contributed by atoms with Gasteiger partial charge in [-0.25, -0.2) is 14.8 Å². The van der Waals surface area contributed by atoms with Gasteiger partial charge in [-0.1, -0.05) is 6.92 Å². The summed E-state index contributed by atoms with van der Waals surface area (Å²) in [6.07, 6.45) is 3.66. The van der Waals surface area contributed by atoms with Crippen LogP contribution in [0.5, 0.6) is 0 Å². The van der Waals surface area contributed by atoms with Crippen molar-refractivity contribution in [2.45, 2.75) is 52.1 Å². The van der Waals surface area contributed by atoms with Gasteiger partial charge in [0.1, 0.15) is 5.60 Å². The Kier molecular flexibility index (Phi) is 4.93. The van der Waals surface area contributed by atoms with E-state index in [1.807, 2.05) is 37.8 Å². The molecule has 0 radical (unpaired) electrons. The monoisotopic (exact) mass is 341 g/mol. The molecule has 2 atom stereocenters. The topological polar surface area (TPSA) is 55.3 Å². The van der Waals surface area contributed by atoms with E-state index in [1.165, 1.54) is 0 Å². The maximum Gasteiger partial charge on any atom is 0.410 e. The summed E-state index contributed by atoms with van der Waals surface area (Å²) in [5.74, 6) is 0.659. The number of hydrogen-bond acceptors (Lipinski definition) is 4. The quantitative estimate of drug-likeness (QED) is 0.813. The van der Waals surface area contributed by atoms with Crippen molar-refractivity contribution in [2.75, 3.05) is 13.1 Å². The fraction of sp³-hybridized carbons (Fsp3) is 0.550. The highest BCUT2D eigenvalue weighted by Crippen LogP contribution is 2.31. The lowest BCUT2D eigenvalue weighted by Gasteiger charge is -2.36. The Hall–Kier alpha value is -2.17. The molecule has 0 saturated carbocycles. The summed E-state index contributed by atoms with van der Waals surface area (Å²) in [6, 6.07) is 8.11. The van der Waals surface area contributed by atoms with Crippen LogP contribution in [0.2, 0.25) is 0 Å². The number of piperidine rings is 1. The van der Waals surface area contributed by atoms with Gasteiger partial charge in [0.2, 0.25) is 0 Å². The zero-order valence-corrected chi connectivity index (χ0v) is 15.5. The lowest BCUT2D eigenvalue weighted by Crippen LogP contribution is -2.44. The summed E-state index contributed by atoms with van der Waals surface area (Å²) in [6.45, 7) is 9.39. The highest BCUT2D eigenvalue weighted by atomic mass is 16.6. The minimum atomic E-state index is -0.457. The summed E-state index contributed by atoms with van der Waals surface area (Å²) in [4.78, 5) is 23.3. The largest absolute Gasteiger partial charge is 0.444 e. The molecule has 2 aromatic heterocycles. The molecule has 5 heteroatoms. The molecular weight excluding hydrogens is 314 g/mol. The first-order valence-corrected chi connectivity index (χ1v) is 9.03. The Labute approximate surface area is 149 Å². The van der Waals surface area contributed by atoms with Gasteiger partial charge in [-0.2, -0.15) is 0 Å². The average Bonchev–Trinajstić information content (AvgIpc) is 2.59. The molecule has 1 amide bonds. The van der Waals surface area contributed by atoms with E-state index in [1.54, 1.807) is 6.20 Å². The van der Waals surface area contributed by atoms with Crippen LogP contribution in [0.25, 0.3) is 11.0 Å². The molecular formula is C20H27N3O2. The number of carbonyl (C=O) groups excluding carboxylic acids is 1. The first-order valence-electron chi connectivity index (χ1n) is 9.03. The molecule has 0 N–H and O–H groups in total. The number of likely N-dealkylation sites (tertiary alicyclic amines) is 1. The standard InChI is InChI=1S/C20H27N3O2/c1-14(17-10-9-15-7-5-11-21-18(15)22-17)16-8-6-12-23(13-16)19(24)25-20(2,3)4/h5,7,9-11,14,16H,6,8,12-13H2,1-4H3/t14-,16?/m0/s1. The smallest absolute Gasteiger partial charge is 0.410 e. The molecule has 1 aliphatic rings. The van der Waals surface area contributed by atoms with E-state index in [-0.39, 0.29) is 12.0 Å². The van der Waals surface area contributed by atoms with Gasteiger partial charge in [-0.3, -0.25) is 0 Å². The molecule has 0 aromatic carbocycles. The molecule has 5 nitrogen and oxygen atoms in total. The maximum atomic E-state index is 12.4. The summed E-state index contributed by atoms with van der Waals surface area (Å²) in [5.41, 5.74) is 1.37. The Bertz CT molecular complexity index is 754. The van der Waals surface area contributed by atoms with Gasteiger partial charge in [0.05, 0.1) is 0 Å².